The highest BCUT2D eigenvalue weighted by Crippen LogP contribution is 2.23. The van der Waals surface area contributed by atoms with E-state index >= 15 is 0 Å². The molecule has 0 saturated carbocycles. The molecule has 1 aromatic carbocycles. The van der Waals surface area contributed by atoms with E-state index in [1.54, 1.807) is 12.3 Å². The molecular weight excluding hydrogens is 278 g/mol. The van der Waals surface area contributed by atoms with Crippen molar-refractivity contribution in [3.05, 3.63) is 52.3 Å². The molecule has 0 saturated heterocycles. The van der Waals surface area contributed by atoms with Crippen molar-refractivity contribution in [3.8, 4) is 6.07 Å². The van der Waals surface area contributed by atoms with Gasteiger partial charge in [0.15, 0.2) is 0 Å². The van der Waals surface area contributed by atoms with Gasteiger partial charge in [0.1, 0.15) is 6.07 Å². The Morgan fingerprint density at radius 3 is 2.76 bits per heavy atom. The van der Waals surface area contributed by atoms with Crippen molar-refractivity contribution in [3.63, 3.8) is 0 Å². The van der Waals surface area contributed by atoms with Gasteiger partial charge in [0.05, 0.1) is 23.1 Å². The van der Waals surface area contributed by atoms with Crippen LogP contribution in [0.25, 0.3) is 0 Å². The summed E-state index contributed by atoms with van der Waals surface area (Å²) in [5, 5.41) is 12.2. The summed E-state index contributed by atoms with van der Waals surface area (Å²) < 4.78 is 0.890. The quantitative estimate of drug-likeness (QED) is 0.915. The van der Waals surface area contributed by atoms with E-state index in [0.717, 1.165) is 21.5 Å². The zero-order valence-corrected chi connectivity index (χ0v) is 10.8. The SMILES string of the molecule is Cc1ccc(Nc2ccc(Br)cc2C#N)cn1. The van der Waals surface area contributed by atoms with Gasteiger partial charge in [0.25, 0.3) is 0 Å². The molecule has 0 amide bonds. The van der Waals surface area contributed by atoms with Gasteiger partial charge in [-0.2, -0.15) is 5.26 Å². The maximum atomic E-state index is 9.04. The van der Waals surface area contributed by atoms with Crippen LogP contribution in [0, 0.1) is 18.3 Å². The second-order valence-electron chi connectivity index (χ2n) is 3.61. The van der Waals surface area contributed by atoms with E-state index in [9.17, 15) is 0 Å². The number of nitrogens with zero attached hydrogens (tertiary/aromatic N) is 2. The van der Waals surface area contributed by atoms with Gasteiger partial charge in [-0.1, -0.05) is 15.9 Å². The van der Waals surface area contributed by atoms with E-state index in [2.05, 4.69) is 32.3 Å². The molecular formula is C13H10BrN3. The van der Waals surface area contributed by atoms with E-state index in [4.69, 9.17) is 5.26 Å². The molecule has 1 aromatic heterocycles. The molecule has 0 radical (unpaired) electrons. The minimum Gasteiger partial charge on any atom is -0.353 e. The first kappa shape index (κ1) is 11.6. The van der Waals surface area contributed by atoms with Crippen LogP contribution in [0.1, 0.15) is 11.3 Å². The minimum absolute atomic E-state index is 0.597. The fraction of sp³-hybridized carbons (Fsp3) is 0.0769. The smallest absolute Gasteiger partial charge is 0.101 e. The second kappa shape index (κ2) is 4.98. The Morgan fingerprint density at radius 2 is 2.12 bits per heavy atom. The Morgan fingerprint density at radius 1 is 1.29 bits per heavy atom. The highest BCUT2D eigenvalue weighted by Gasteiger charge is 2.03. The molecule has 2 aromatic rings. The predicted molar refractivity (Wildman–Crippen MR) is 71.1 cm³/mol. The van der Waals surface area contributed by atoms with Crippen molar-refractivity contribution in [2.75, 3.05) is 5.32 Å². The van der Waals surface area contributed by atoms with Crippen LogP contribution >= 0.6 is 15.9 Å². The van der Waals surface area contributed by atoms with Crippen molar-refractivity contribution < 1.29 is 0 Å². The Labute approximate surface area is 108 Å². The Kier molecular flexibility index (Phi) is 3.40. The number of halogens is 1. The molecule has 0 aliphatic heterocycles. The number of pyridine rings is 1. The summed E-state index contributed by atoms with van der Waals surface area (Å²) in [5.41, 5.74) is 3.21. The van der Waals surface area contributed by atoms with Crippen LogP contribution in [-0.4, -0.2) is 4.98 Å². The predicted octanol–water partition coefficient (Wildman–Crippen LogP) is 3.77. The summed E-state index contributed by atoms with van der Waals surface area (Å²) in [6, 6.07) is 11.6. The first-order valence-electron chi connectivity index (χ1n) is 5.08. The highest BCUT2D eigenvalue weighted by molar-refractivity contribution is 9.10. The van der Waals surface area contributed by atoms with Gasteiger partial charge in [0, 0.05) is 10.2 Å². The number of nitrogens with one attached hydrogen (secondary N) is 1. The number of nitriles is 1. The minimum atomic E-state index is 0.597. The normalized spacial score (nSPS) is 9.71. The van der Waals surface area contributed by atoms with Crippen LogP contribution < -0.4 is 5.32 Å². The summed E-state index contributed by atoms with van der Waals surface area (Å²) in [7, 11) is 0. The zero-order chi connectivity index (χ0) is 12.3. The number of aryl methyl sites for hydroxylation is 1. The topological polar surface area (TPSA) is 48.7 Å². The molecule has 0 aliphatic rings. The van der Waals surface area contributed by atoms with E-state index in [0.29, 0.717) is 5.56 Å². The molecule has 2 rings (SSSR count). The average Bonchev–Trinajstić information content (AvgIpc) is 2.34. The molecule has 0 fully saturated rings. The molecule has 1 heterocycles. The van der Waals surface area contributed by atoms with Crippen LogP contribution in [0.2, 0.25) is 0 Å². The summed E-state index contributed by atoms with van der Waals surface area (Å²) in [5.74, 6) is 0. The Balaban J connectivity index is 2.30. The summed E-state index contributed by atoms with van der Waals surface area (Å²) in [4.78, 5) is 4.19. The first-order chi connectivity index (χ1) is 8.19. The van der Waals surface area contributed by atoms with Gasteiger partial charge < -0.3 is 5.32 Å². The maximum absolute atomic E-state index is 9.04. The van der Waals surface area contributed by atoms with Crippen LogP contribution in [0.3, 0.4) is 0 Å². The second-order valence-corrected chi connectivity index (χ2v) is 4.53. The molecule has 0 unspecified atom stereocenters. The third-order valence-corrected chi connectivity index (χ3v) is 2.79. The van der Waals surface area contributed by atoms with E-state index in [-0.39, 0.29) is 0 Å². The standard InChI is InChI=1S/C13H10BrN3/c1-9-2-4-12(8-16-9)17-13-5-3-11(14)6-10(13)7-15/h2-6,8,17H,1H3. The van der Waals surface area contributed by atoms with Crippen LogP contribution in [0.5, 0.6) is 0 Å². The van der Waals surface area contributed by atoms with Gasteiger partial charge in [-0.25, -0.2) is 0 Å². The lowest BCUT2D eigenvalue weighted by molar-refractivity contribution is 1.20. The van der Waals surface area contributed by atoms with E-state index in [1.807, 2.05) is 31.2 Å². The zero-order valence-electron chi connectivity index (χ0n) is 9.24. The lowest BCUT2D eigenvalue weighted by atomic mass is 10.2. The van der Waals surface area contributed by atoms with Crippen molar-refractivity contribution >= 4 is 27.3 Å². The van der Waals surface area contributed by atoms with Gasteiger partial charge in [-0.3, -0.25) is 4.98 Å². The lowest BCUT2D eigenvalue weighted by Gasteiger charge is -2.08. The molecule has 0 spiro atoms. The lowest BCUT2D eigenvalue weighted by Crippen LogP contribution is -1.94. The molecule has 17 heavy (non-hydrogen) atoms. The summed E-state index contributed by atoms with van der Waals surface area (Å²) in [6.07, 6.45) is 1.75. The fourth-order valence-electron chi connectivity index (χ4n) is 1.42. The Bertz CT molecular complexity index is 570. The van der Waals surface area contributed by atoms with Gasteiger partial charge in [-0.05, 0) is 37.3 Å². The monoisotopic (exact) mass is 287 g/mol. The fourth-order valence-corrected chi connectivity index (χ4v) is 1.78. The van der Waals surface area contributed by atoms with Gasteiger partial charge >= 0.3 is 0 Å². The number of benzene rings is 1. The number of hydrogen-bond acceptors (Lipinski definition) is 3. The molecule has 1 N–H and O–H groups in total. The van der Waals surface area contributed by atoms with Crippen LogP contribution in [0.15, 0.2) is 41.0 Å². The van der Waals surface area contributed by atoms with Crippen LogP contribution in [-0.2, 0) is 0 Å². The van der Waals surface area contributed by atoms with Crippen molar-refractivity contribution in [2.45, 2.75) is 6.92 Å². The molecule has 0 bridgehead atoms. The molecule has 0 aliphatic carbocycles. The number of rotatable bonds is 2. The summed E-state index contributed by atoms with van der Waals surface area (Å²) in [6.45, 7) is 1.93. The van der Waals surface area contributed by atoms with Gasteiger partial charge in [0.2, 0.25) is 0 Å². The molecule has 4 heteroatoms. The van der Waals surface area contributed by atoms with E-state index in [1.165, 1.54) is 0 Å². The third-order valence-electron chi connectivity index (χ3n) is 2.29. The third kappa shape index (κ3) is 2.83. The Hall–Kier alpha value is -1.86. The molecule has 84 valence electrons. The summed E-state index contributed by atoms with van der Waals surface area (Å²) >= 11 is 3.34. The van der Waals surface area contributed by atoms with Crippen molar-refractivity contribution in [1.82, 2.24) is 4.98 Å². The van der Waals surface area contributed by atoms with E-state index < -0.39 is 0 Å². The van der Waals surface area contributed by atoms with Crippen molar-refractivity contribution in [2.24, 2.45) is 0 Å². The highest BCUT2D eigenvalue weighted by atomic mass is 79.9. The first-order valence-corrected chi connectivity index (χ1v) is 5.87. The largest absolute Gasteiger partial charge is 0.353 e. The number of hydrogen-bond donors (Lipinski definition) is 1. The number of aromatic nitrogens is 1. The van der Waals surface area contributed by atoms with Crippen molar-refractivity contribution in [1.29, 1.82) is 5.26 Å². The number of anilines is 2. The average molecular weight is 288 g/mol. The van der Waals surface area contributed by atoms with Crippen LogP contribution in [0.4, 0.5) is 11.4 Å². The molecule has 3 nitrogen and oxygen atoms in total. The van der Waals surface area contributed by atoms with Gasteiger partial charge in [-0.15, -0.1) is 0 Å². The molecule has 0 atom stereocenters. The maximum Gasteiger partial charge on any atom is 0.101 e.